The highest BCUT2D eigenvalue weighted by Gasteiger charge is 2.38. The number of rotatable bonds is 9. The van der Waals surface area contributed by atoms with Crippen molar-refractivity contribution in [2.75, 3.05) is 32.1 Å². The molecule has 1 saturated heterocycles. The Balaban J connectivity index is 2.08. The smallest absolute Gasteiger partial charge is 0.326 e. The monoisotopic (exact) mass is 396 g/mol. The molecule has 0 radical (unpaired) electrons. The van der Waals surface area contributed by atoms with E-state index in [1.54, 1.807) is 13.8 Å². The molecule has 0 aliphatic carbocycles. The van der Waals surface area contributed by atoms with E-state index in [1.807, 2.05) is 30.3 Å². The maximum Gasteiger partial charge on any atom is 0.326 e. The van der Waals surface area contributed by atoms with Gasteiger partial charge in [-0.05, 0) is 38.7 Å². The number of benzene rings is 1. The Morgan fingerprint density at radius 1 is 1.30 bits per heavy atom. The van der Waals surface area contributed by atoms with Gasteiger partial charge in [-0.1, -0.05) is 30.3 Å². The Labute approximate surface area is 160 Å². The van der Waals surface area contributed by atoms with E-state index in [0.717, 1.165) is 5.56 Å². The van der Waals surface area contributed by atoms with Gasteiger partial charge in [0.15, 0.2) is 0 Å². The summed E-state index contributed by atoms with van der Waals surface area (Å²) < 4.78 is 18.9. The van der Waals surface area contributed by atoms with Gasteiger partial charge in [-0.25, -0.2) is 9.59 Å². The van der Waals surface area contributed by atoms with Crippen molar-refractivity contribution in [1.82, 2.24) is 9.80 Å². The number of carboxylic acid groups (broad SMARTS) is 1. The van der Waals surface area contributed by atoms with E-state index in [0.29, 0.717) is 45.1 Å². The van der Waals surface area contributed by atoms with Crippen molar-refractivity contribution in [3.05, 3.63) is 35.9 Å². The highest BCUT2D eigenvalue weighted by molar-refractivity contribution is 7.58. The molecule has 1 heterocycles. The molecule has 1 aromatic rings. The zero-order valence-electron chi connectivity index (χ0n) is 16.0. The minimum atomic E-state index is -3.06. The van der Waals surface area contributed by atoms with Crippen LogP contribution in [0.15, 0.2) is 30.3 Å². The Hall–Kier alpha value is -1.85. The van der Waals surface area contributed by atoms with Gasteiger partial charge < -0.3 is 19.4 Å². The second-order valence-electron chi connectivity index (χ2n) is 6.66. The van der Waals surface area contributed by atoms with Crippen molar-refractivity contribution < 1.29 is 23.8 Å². The summed E-state index contributed by atoms with van der Waals surface area (Å²) in [6.07, 6.45) is 2.07. The molecule has 1 aliphatic rings. The molecule has 0 saturated carbocycles. The third kappa shape index (κ3) is 5.81. The number of aryl methyl sites for hydroxylation is 1. The Kier molecular flexibility index (Phi) is 7.87. The van der Waals surface area contributed by atoms with Crippen LogP contribution < -0.4 is 0 Å². The highest BCUT2D eigenvalue weighted by atomic mass is 31.2. The summed E-state index contributed by atoms with van der Waals surface area (Å²) in [5, 5.41) is 9.32. The summed E-state index contributed by atoms with van der Waals surface area (Å²) in [6.45, 7) is 4.66. The van der Waals surface area contributed by atoms with Crippen LogP contribution in [0.5, 0.6) is 0 Å². The van der Waals surface area contributed by atoms with Crippen molar-refractivity contribution in [2.24, 2.45) is 0 Å². The summed E-state index contributed by atoms with van der Waals surface area (Å²) in [5.74, 6) is -0.992. The molecule has 2 rings (SSSR count). The van der Waals surface area contributed by atoms with E-state index in [1.165, 1.54) is 9.80 Å². The van der Waals surface area contributed by atoms with Gasteiger partial charge in [0.2, 0.25) is 7.37 Å². The van der Waals surface area contributed by atoms with E-state index in [4.69, 9.17) is 4.52 Å². The number of urea groups is 1. The van der Waals surface area contributed by atoms with Gasteiger partial charge in [0, 0.05) is 19.3 Å². The summed E-state index contributed by atoms with van der Waals surface area (Å²) in [4.78, 5) is 27.1. The number of carbonyl (C=O) groups is 2. The van der Waals surface area contributed by atoms with Gasteiger partial charge in [0.25, 0.3) is 0 Å². The highest BCUT2D eigenvalue weighted by Crippen LogP contribution is 2.48. The molecule has 0 bridgehead atoms. The van der Waals surface area contributed by atoms with E-state index in [-0.39, 0.29) is 12.3 Å². The molecule has 150 valence electrons. The van der Waals surface area contributed by atoms with E-state index in [2.05, 4.69) is 0 Å². The van der Waals surface area contributed by atoms with Gasteiger partial charge in [-0.2, -0.15) is 0 Å². The molecule has 1 unspecified atom stereocenters. The first-order valence-corrected chi connectivity index (χ1v) is 11.4. The van der Waals surface area contributed by atoms with Gasteiger partial charge in [-0.3, -0.25) is 4.57 Å². The standard InChI is InChI=1S/C19H29N2O5P/c1-3-20(19(24)21-13-8-11-17(21)18(22)23)15-27(25,26-4-2)14-12-16-9-6-5-7-10-16/h5-7,9-10,17H,3-4,8,11-15H2,1-2H3,(H,22,23)/t17-,27?/m0/s1. The maximum absolute atomic E-state index is 13.3. The number of hydrogen-bond acceptors (Lipinski definition) is 4. The SMILES string of the molecule is CCOP(=O)(CCc1ccccc1)CN(CC)C(=O)N1CCC[C@H]1C(=O)O. The fourth-order valence-corrected chi connectivity index (χ4v) is 5.61. The third-order valence-electron chi connectivity index (χ3n) is 4.77. The largest absolute Gasteiger partial charge is 0.480 e. The molecule has 1 fully saturated rings. The third-order valence-corrected chi connectivity index (χ3v) is 7.18. The van der Waals surface area contributed by atoms with E-state index in [9.17, 15) is 19.3 Å². The first-order valence-electron chi connectivity index (χ1n) is 9.45. The second-order valence-corrected chi connectivity index (χ2v) is 9.28. The number of amides is 2. The molecule has 8 heteroatoms. The van der Waals surface area contributed by atoms with Gasteiger partial charge in [-0.15, -0.1) is 0 Å². The van der Waals surface area contributed by atoms with Crippen LogP contribution in [0.1, 0.15) is 32.3 Å². The summed E-state index contributed by atoms with van der Waals surface area (Å²) in [5.41, 5.74) is 1.07. The van der Waals surface area contributed by atoms with Crippen LogP contribution in [0, 0.1) is 0 Å². The van der Waals surface area contributed by atoms with Crippen LogP contribution in [0.25, 0.3) is 0 Å². The van der Waals surface area contributed by atoms with Crippen molar-refractivity contribution in [3.8, 4) is 0 Å². The molecule has 0 aromatic heterocycles. The van der Waals surface area contributed by atoms with Gasteiger partial charge in [0.05, 0.1) is 12.9 Å². The van der Waals surface area contributed by atoms with E-state index < -0.39 is 19.4 Å². The molecule has 1 aromatic carbocycles. The Morgan fingerprint density at radius 2 is 2.00 bits per heavy atom. The van der Waals surface area contributed by atoms with Crippen LogP contribution in [0.3, 0.4) is 0 Å². The minimum Gasteiger partial charge on any atom is -0.480 e. The van der Waals surface area contributed by atoms with Crippen LogP contribution in [0.4, 0.5) is 4.79 Å². The first-order chi connectivity index (χ1) is 12.9. The zero-order valence-corrected chi connectivity index (χ0v) is 16.9. The number of hydrogen-bond donors (Lipinski definition) is 1. The van der Waals surface area contributed by atoms with Gasteiger partial charge in [0.1, 0.15) is 6.04 Å². The van der Waals surface area contributed by atoms with E-state index >= 15 is 0 Å². The maximum atomic E-state index is 13.3. The number of aliphatic carboxylic acids is 1. The lowest BCUT2D eigenvalue weighted by Crippen LogP contribution is -2.48. The second kappa shape index (κ2) is 9.90. The summed E-state index contributed by atoms with van der Waals surface area (Å²) in [6, 6.07) is 8.56. The van der Waals surface area contributed by atoms with Crippen LogP contribution in [-0.2, 0) is 20.3 Å². The van der Waals surface area contributed by atoms with Crippen molar-refractivity contribution in [3.63, 3.8) is 0 Å². The molecular formula is C19H29N2O5P. The predicted molar refractivity (Wildman–Crippen MR) is 104 cm³/mol. The van der Waals surface area contributed by atoms with Crippen molar-refractivity contribution in [1.29, 1.82) is 0 Å². The van der Waals surface area contributed by atoms with Crippen molar-refractivity contribution >= 4 is 19.4 Å². The van der Waals surface area contributed by atoms with Crippen LogP contribution in [-0.4, -0.2) is 65.1 Å². The van der Waals surface area contributed by atoms with Gasteiger partial charge >= 0.3 is 12.0 Å². The average molecular weight is 396 g/mol. The average Bonchev–Trinajstić information content (AvgIpc) is 3.15. The molecule has 2 atom stereocenters. The lowest BCUT2D eigenvalue weighted by Gasteiger charge is -2.32. The summed E-state index contributed by atoms with van der Waals surface area (Å²) in [7, 11) is -3.06. The molecular weight excluding hydrogens is 367 g/mol. The Bertz CT molecular complexity index is 682. The van der Waals surface area contributed by atoms with Crippen molar-refractivity contribution in [2.45, 2.75) is 39.2 Å². The summed E-state index contributed by atoms with van der Waals surface area (Å²) >= 11 is 0. The molecule has 1 N–H and O–H groups in total. The molecule has 2 amide bonds. The molecule has 0 spiro atoms. The molecule has 7 nitrogen and oxygen atoms in total. The molecule has 1 aliphatic heterocycles. The predicted octanol–water partition coefficient (Wildman–Crippen LogP) is 3.49. The fraction of sp³-hybridized carbons (Fsp3) is 0.579. The zero-order chi connectivity index (χ0) is 19.9. The number of nitrogens with zero attached hydrogens (tertiary/aromatic N) is 2. The lowest BCUT2D eigenvalue weighted by atomic mass is 10.2. The quantitative estimate of drug-likeness (QED) is 0.646. The minimum absolute atomic E-state index is 0.00580. The topological polar surface area (TPSA) is 87.2 Å². The normalized spacial score (nSPS) is 18.9. The number of carbonyl (C=O) groups excluding carboxylic acids is 1. The molecule has 27 heavy (non-hydrogen) atoms. The van der Waals surface area contributed by atoms with Crippen LogP contribution >= 0.6 is 7.37 Å². The Morgan fingerprint density at radius 3 is 2.59 bits per heavy atom. The van der Waals surface area contributed by atoms with Crippen LogP contribution in [0.2, 0.25) is 0 Å². The lowest BCUT2D eigenvalue weighted by molar-refractivity contribution is -0.141. The fourth-order valence-electron chi connectivity index (χ4n) is 3.35. The number of carboxylic acids is 1. The number of likely N-dealkylation sites (tertiary alicyclic amines) is 1. The first kappa shape index (κ1) is 21.5.